The van der Waals surface area contributed by atoms with Crippen molar-refractivity contribution in [1.29, 1.82) is 0 Å². The first-order valence-electron chi connectivity index (χ1n) is 5.64. The van der Waals surface area contributed by atoms with E-state index in [2.05, 4.69) is 14.9 Å². The molecule has 1 N–H and O–H groups in total. The maximum absolute atomic E-state index is 8.72. The highest BCUT2D eigenvalue weighted by Crippen LogP contribution is 2.17. The van der Waals surface area contributed by atoms with Crippen molar-refractivity contribution in [3.63, 3.8) is 0 Å². The van der Waals surface area contributed by atoms with Crippen LogP contribution >= 0.6 is 0 Å². The smallest absolute Gasteiger partial charge is 0.225 e. The van der Waals surface area contributed by atoms with Gasteiger partial charge in [0.1, 0.15) is 0 Å². The van der Waals surface area contributed by atoms with Crippen LogP contribution in [0.25, 0.3) is 0 Å². The second-order valence-corrected chi connectivity index (χ2v) is 3.85. The van der Waals surface area contributed by atoms with Crippen LogP contribution in [0.4, 0.5) is 5.95 Å². The number of nitrogens with zero attached hydrogens (tertiary/aromatic N) is 3. The zero-order chi connectivity index (χ0) is 11.2. The lowest BCUT2D eigenvalue weighted by molar-refractivity contribution is 0.0212. The van der Waals surface area contributed by atoms with E-state index in [9.17, 15) is 0 Å². The Morgan fingerprint density at radius 1 is 1.44 bits per heavy atom. The molecule has 16 heavy (non-hydrogen) atoms. The molecule has 0 bridgehead atoms. The first-order valence-corrected chi connectivity index (χ1v) is 5.64. The first kappa shape index (κ1) is 11.3. The van der Waals surface area contributed by atoms with Crippen LogP contribution in [0.5, 0.6) is 0 Å². The van der Waals surface area contributed by atoms with Gasteiger partial charge in [-0.1, -0.05) is 0 Å². The van der Waals surface area contributed by atoms with Crippen molar-refractivity contribution in [2.45, 2.75) is 18.9 Å². The maximum Gasteiger partial charge on any atom is 0.225 e. The zero-order valence-electron chi connectivity index (χ0n) is 9.25. The van der Waals surface area contributed by atoms with Crippen molar-refractivity contribution in [2.75, 3.05) is 31.2 Å². The minimum Gasteiger partial charge on any atom is -0.394 e. The molecular formula is C11H17N3O2. The Labute approximate surface area is 95.1 Å². The van der Waals surface area contributed by atoms with E-state index in [1.807, 2.05) is 6.07 Å². The number of aliphatic hydroxyl groups is 1. The quantitative estimate of drug-likeness (QED) is 0.803. The van der Waals surface area contributed by atoms with Crippen LogP contribution in [0.1, 0.15) is 12.8 Å². The van der Waals surface area contributed by atoms with E-state index in [1.165, 1.54) is 0 Å². The van der Waals surface area contributed by atoms with Crippen LogP contribution in [0.2, 0.25) is 0 Å². The first-order chi connectivity index (χ1) is 7.90. The number of hydrogen-bond acceptors (Lipinski definition) is 5. The van der Waals surface area contributed by atoms with Gasteiger partial charge in [0.15, 0.2) is 0 Å². The molecule has 0 aromatic carbocycles. The molecule has 1 saturated heterocycles. The Morgan fingerprint density at radius 3 is 3.00 bits per heavy atom. The molecule has 1 aromatic heterocycles. The summed E-state index contributed by atoms with van der Waals surface area (Å²) < 4.78 is 5.54. The Kier molecular flexibility index (Phi) is 4.07. The fourth-order valence-electron chi connectivity index (χ4n) is 1.93. The number of hydrogen-bond donors (Lipinski definition) is 1. The van der Waals surface area contributed by atoms with Crippen molar-refractivity contribution in [2.24, 2.45) is 0 Å². The Bertz CT molecular complexity index is 307. The number of rotatable bonds is 4. The Morgan fingerprint density at radius 2 is 2.25 bits per heavy atom. The monoisotopic (exact) mass is 223 g/mol. The summed E-state index contributed by atoms with van der Waals surface area (Å²) in [5, 5.41) is 8.72. The van der Waals surface area contributed by atoms with Gasteiger partial charge in [-0.15, -0.1) is 0 Å². The fourth-order valence-corrected chi connectivity index (χ4v) is 1.93. The zero-order valence-corrected chi connectivity index (χ0v) is 9.25. The third-order valence-electron chi connectivity index (χ3n) is 2.66. The lowest BCUT2D eigenvalue weighted by atomic mass is 10.1. The molecule has 5 heteroatoms. The van der Waals surface area contributed by atoms with Gasteiger partial charge in [0.05, 0.1) is 19.3 Å². The molecule has 2 heterocycles. The highest BCUT2D eigenvalue weighted by Gasteiger charge is 2.21. The molecule has 1 unspecified atom stereocenters. The van der Waals surface area contributed by atoms with Gasteiger partial charge in [-0.2, -0.15) is 0 Å². The molecule has 1 fully saturated rings. The van der Waals surface area contributed by atoms with E-state index in [4.69, 9.17) is 9.84 Å². The predicted octanol–water partition coefficient (Wildman–Crippen LogP) is 0.454. The summed E-state index contributed by atoms with van der Waals surface area (Å²) in [6.07, 6.45) is 5.81. The van der Waals surface area contributed by atoms with Gasteiger partial charge >= 0.3 is 0 Å². The van der Waals surface area contributed by atoms with Gasteiger partial charge in [-0.25, -0.2) is 9.97 Å². The SMILES string of the molecule is OCCOC1CCCN(c2ncccn2)C1. The van der Waals surface area contributed by atoms with Gasteiger partial charge in [-0.05, 0) is 18.9 Å². The Balaban J connectivity index is 1.91. The van der Waals surface area contributed by atoms with Gasteiger partial charge in [0.25, 0.3) is 0 Å². The summed E-state index contributed by atoms with van der Waals surface area (Å²) in [6, 6.07) is 1.81. The Hall–Kier alpha value is -1.20. The number of anilines is 1. The third-order valence-corrected chi connectivity index (χ3v) is 2.66. The number of ether oxygens (including phenoxy) is 1. The minimum atomic E-state index is 0.0817. The molecule has 0 amide bonds. The van der Waals surface area contributed by atoms with Crippen molar-refractivity contribution in [3.8, 4) is 0 Å². The van der Waals surface area contributed by atoms with Crippen LogP contribution in [0.15, 0.2) is 18.5 Å². The number of aliphatic hydroxyl groups excluding tert-OH is 1. The van der Waals surface area contributed by atoms with Crippen LogP contribution in [0, 0.1) is 0 Å². The molecule has 1 atom stereocenters. The summed E-state index contributed by atoms with van der Waals surface area (Å²) in [7, 11) is 0. The van der Waals surface area contributed by atoms with Gasteiger partial charge < -0.3 is 14.7 Å². The molecule has 0 aliphatic carbocycles. The fraction of sp³-hybridized carbons (Fsp3) is 0.636. The molecule has 0 spiro atoms. The predicted molar refractivity (Wildman–Crippen MR) is 60.3 cm³/mol. The third kappa shape index (κ3) is 2.90. The van der Waals surface area contributed by atoms with Crippen molar-refractivity contribution < 1.29 is 9.84 Å². The van der Waals surface area contributed by atoms with Crippen LogP contribution < -0.4 is 4.90 Å². The van der Waals surface area contributed by atoms with E-state index in [-0.39, 0.29) is 12.7 Å². The summed E-state index contributed by atoms with van der Waals surface area (Å²) in [5.41, 5.74) is 0. The summed E-state index contributed by atoms with van der Waals surface area (Å²) in [4.78, 5) is 10.6. The summed E-state index contributed by atoms with van der Waals surface area (Å²) in [5.74, 6) is 0.764. The molecular weight excluding hydrogens is 206 g/mol. The second kappa shape index (κ2) is 5.77. The average molecular weight is 223 g/mol. The van der Waals surface area contributed by atoms with Crippen LogP contribution in [-0.4, -0.2) is 47.5 Å². The molecule has 88 valence electrons. The van der Waals surface area contributed by atoms with Gasteiger partial charge in [0, 0.05) is 25.5 Å². The van der Waals surface area contributed by atoms with E-state index >= 15 is 0 Å². The van der Waals surface area contributed by atoms with E-state index < -0.39 is 0 Å². The largest absolute Gasteiger partial charge is 0.394 e. The molecule has 2 rings (SSSR count). The summed E-state index contributed by atoms with van der Waals surface area (Å²) >= 11 is 0. The highest BCUT2D eigenvalue weighted by atomic mass is 16.5. The van der Waals surface area contributed by atoms with Crippen molar-refractivity contribution in [1.82, 2.24) is 9.97 Å². The van der Waals surface area contributed by atoms with E-state index in [0.717, 1.165) is 31.9 Å². The standard InChI is InChI=1S/C11H17N3O2/c15-7-8-16-10-3-1-6-14(9-10)11-12-4-2-5-13-11/h2,4-5,10,15H,1,3,6-9H2. The maximum atomic E-state index is 8.72. The van der Waals surface area contributed by atoms with Gasteiger partial charge in [0.2, 0.25) is 5.95 Å². The highest BCUT2D eigenvalue weighted by molar-refractivity contribution is 5.29. The molecule has 0 radical (unpaired) electrons. The van der Waals surface area contributed by atoms with E-state index in [1.54, 1.807) is 12.4 Å². The number of piperidine rings is 1. The summed E-state index contributed by atoms with van der Waals surface area (Å²) in [6.45, 7) is 2.28. The van der Waals surface area contributed by atoms with Crippen molar-refractivity contribution >= 4 is 5.95 Å². The lowest BCUT2D eigenvalue weighted by Gasteiger charge is -2.32. The van der Waals surface area contributed by atoms with E-state index in [0.29, 0.717) is 6.61 Å². The molecule has 1 aliphatic rings. The van der Waals surface area contributed by atoms with Crippen molar-refractivity contribution in [3.05, 3.63) is 18.5 Å². The van der Waals surface area contributed by atoms with Gasteiger partial charge in [-0.3, -0.25) is 0 Å². The normalized spacial score (nSPS) is 21.1. The topological polar surface area (TPSA) is 58.5 Å². The molecule has 1 aromatic rings. The minimum absolute atomic E-state index is 0.0817. The lowest BCUT2D eigenvalue weighted by Crippen LogP contribution is -2.40. The average Bonchev–Trinajstić information content (AvgIpc) is 2.38. The van der Waals surface area contributed by atoms with Crippen LogP contribution in [-0.2, 0) is 4.74 Å². The molecule has 0 saturated carbocycles. The molecule has 1 aliphatic heterocycles. The number of aromatic nitrogens is 2. The van der Waals surface area contributed by atoms with Crippen LogP contribution in [0.3, 0.4) is 0 Å². The molecule has 5 nitrogen and oxygen atoms in total. The second-order valence-electron chi connectivity index (χ2n) is 3.85.